The lowest BCUT2D eigenvalue weighted by Gasteiger charge is -2.22. The van der Waals surface area contributed by atoms with Gasteiger partial charge in [-0.2, -0.15) is 0 Å². The van der Waals surface area contributed by atoms with Crippen molar-refractivity contribution in [2.45, 2.75) is 40.0 Å². The Kier molecular flexibility index (Phi) is 3.71. The molecule has 1 heterocycles. The van der Waals surface area contributed by atoms with Crippen LogP contribution in [-0.4, -0.2) is 9.55 Å². The number of aryl methyl sites for hydroxylation is 2. The number of anilines is 1. The molecule has 0 aliphatic rings. The lowest BCUT2D eigenvalue weighted by molar-refractivity contribution is 0.589. The zero-order chi connectivity index (χ0) is 15.2. The molecular formula is C16H22BrN3. The zero-order valence-corrected chi connectivity index (χ0v) is 14.6. The van der Waals surface area contributed by atoms with Crippen molar-refractivity contribution in [2.75, 3.05) is 5.73 Å². The molecule has 0 aliphatic carbocycles. The number of hydrogen-bond acceptors (Lipinski definition) is 2. The Balaban J connectivity index is 2.71. The van der Waals surface area contributed by atoms with Crippen molar-refractivity contribution in [1.82, 2.24) is 9.55 Å². The minimum Gasteiger partial charge on any atom is -0.369 e. The molecular weight excluding hydrogens is 314 g/mol. The van der Waals surface area contributed by atoms with Gasteiger partial charge in [0.25, 0.3) is 0 Å². The van der Waals surface area contributed by atoms with E-state index in [1.54, 1.807) is 0 Å². The maximum absolute atomic E-state index is 5.90. The second-order valence-electron chi connectivity index (χ2n) is 6.40. The predicted octanol–water partition coefficient (Wildman–Crippen LogP) is 4.35. The Hall–Kier alpha value is -1.29. The van der Waals surface area contributed by atoms with Crippen LogP contribution in [0.15, 0.2) is 16.7 Å². The fourth-order valence-corrected chi connectivity index (χ4v) is 3.17. The predicted molar refractivity (Wildman–Crippen MR) is 88.9 cm³/mol. The zero-order valence-electron chi connectivity index (χ0n) is 13.0. The minimum absolute atomic E-state index is 0.150. The maximum atomic E-state index is 5.90. The standard InChI is InChI=1S/C16H22BrN3/c1-9-7-11(16(3,4)5)8-10(2)12(9)13-14(17)19-15(18)20(13)6/h7-8H,1-6H3,(H2,18,19). The van der Waals surface area contributed by atoms with Crippen LogP contribution >= 0.6 is 15.9 Å². The molecule has 0 amide bonds. The molecule has 0 fully saturated rings. The van der Waals surface area contributed by atoms with E-state index in [0.717, 1.165) is 10.3 Å². The van der Waals surface area contributed by atoms with Crippen LogP contribution in [0.25, 0.3) is 11.3 Å². The summed E-state index contributed by atoms with van der Waals surface area (Å²) in [5.41, 5.74) is 12.1. The molecule has 0 saturated heterocycles. The maximum Gasteiger partial charge on any atom is 0.201 e. The van der Waals surface area contributed by atoms with Crippen LogP contribution in [0, 0.1) is 13.8 Å². The van der Waals surface area contributed by atoms with Crippen molar-refractivity contribution >= 4 is 21.9 Å². The van der Waals surface area contributed by atoms with E-state index < -0.39 is 0 Å². The molecule has 108 valence electrons. The molecule has 1 aromatic carbocycles. The van der Waals surface area contributed by atoms with Gasteiger partial charge in [0.1, 0.15) is 4.60 Å². The van der Waals surface area contributed by atoms with Crippen LogP contribution in [0.3, 0.4) is 0 Å². The van der Waals surface area contributed by atoms with E-state index in [0.29, 0.717) is 5.95 Å². The summed E-state index contributed by atoms with van der Waals surface area (Å²) in [6, 6.07) is 4.52. The Morgan fingerprint density at radius 2 is 1.65 bits per heavy atom. The Morgan fingerprint density at radius 3 is 2.00 bits per heavy atom. The second-order valence-corrected chi connectivity index (χ2v) is 7.15. The highest BCUT2D eigenvalue weighted by atomic mass is 79.9. The van der Waals surface area contributed by atoms with E-state index in [2.05, 4.69) is 67.7 Å². The number of rotatable bonds is 1. The number of hydrogen-bond donors (Lipinski definition) is 1. The van der Waals surface area contributed by atoms with Gasteiger partial charge in [0.05, 0.1) is 5.69 Å². The third-order valence-corrected chi connectivity index (χ3v) is 4.28. The van der Waals surface area contributed by atoms with Crippen LogP contribution in [0.5, 0.6) is 0 Å². The number of halogens is 1. The molecule has 1 aromatic heterocycles. The highest BCUT2D eigenvalue weighted by Crippen LogP contribution is 2.36. The Labute approximate surface area is 129 Å². The van der Waals surface area contributed by atoms with E-state index in [9.17, 15) is 0 Å². The number of imidazole rings is 1. The van der Waals surface area contributed by atoms with Crippen LogP contribution in [-0.2, 0) is 12.5 Å². The van der Waals surface area contributed by atoms with E-state index >= 15 is 0 Å². The number of nitrogen functional groups attached to an aromatic ring is 1. The van der Waals surface area contributed by atoms with Crippen LogP contribution < -0.4 is 5.73 Å². The molecule has 0 aliphatic heterocycles. The summed E-state index contributed by atoms with van der Waals surface area (Å²) in [5, 5.41) is 0. The number of nitrogens with zero attached hydrogens (tertiary/aromatic N) is 2. The summed E-state index contributed by atoms with van der Waals surface area (Å²) in [6.45, 7) is 11.0. The summed E-state index contributed by atoms with van der Waals surface area (Å²) < 4.78 is 2.73. The number of nitrogens with two attached hydrogens (primary N) is 1. The quantitative estimate of drug-likeness (QED) is 0.841. The van der Waals surface area contributed by atoms with E-state index in [4.69, 9.17) is 5.73 Å². The summed E-state index contributed by atoms with van der Waals surface area (Å²) in [4.78, 5) is 4.30. The summed E-state index contributed by atoms with van der Waals surface area (Å²) in [6.07, 6.45) is 0. The Bertz CT molecular complexity index is 640. The number of benzene rings is 1. The van der Waals surface area contributed by atoms with Crippen LogP contribution in [0.1, 0.15) is 37.5 Å². The average molecular weight is 336 g/mol. The molecule has 2 N–H and O–H groups in total. The first kappa shape index (κ1) is 15.1. The van der Waals surface area contributed by atoms with Gasteiger partial charge in [-0.1, -0.05) is 32.9 Å². The molecule has 0 unspecified atom stereocenters. The fraction of sp³-hybridized carbons (Fsp3) is 0.438. The Morgan fingerprint density at radius 1 is 1.15 bits per heavy atom. The smallest absolute Gasteiger partial charge is 0.201 e. The molecule has 20 heavy (non-hydrogen) atoms. The van der Waals surface area contributed by atoms with Gasteiger partial charge in [-0.25, -0.2) is 4.98 Å². The minimum atomic E-state index is 0.150. The third-order valence-electron chi connectivity index (χ3n) is 3.72. The van der Waals surface area contributed by atoms with E-state index in [1.165, 1.54) is 22.3 Å². The molecule has 2 aromatic rings. The van der Waals surface area contributed by atoms with E-state index in [-0.39, 0.29) is 5.41 Å². The number of aromatic nitrogens is 2. The summed E-state index contributed by atoms with van der Waals surface area (Å²) >= 11 is 3.52. The van der Waals surface area contributed by atoms with Crippen LogP contribution in [0.2, 0.25) is 0 Å². The molecule has 0 radical (unpaired) electrons. The van der Waals surface area contributed by atoms with Crippen molar-refractivity contribution < 1.29 is 0 Å². The van der Waals surface area contributed by atoms with Crippen molar-refractivity contribution in [3.63, 3.8) is 0 Å². The molecule has 2 rings (SSSR count). The average Bonchev–Trinajstić information content (AvgIpc) is 2.53. The van der Waals surface area contributed by atoms with Crippen molar-refractivity contribution in [2.24, 2.45) is 7.05 Å². The van der Waals surface area contributed by atoms with Crippen LogP contribution in [0.4, 0.5) is 5.95 Å². The molecule has 4 heteroatoms. The van der Waals surface area contributed by atoms with Gasteiger partial charge in [-0.05, 0) is 51.9 Å². The molecule has 0 bridgehead atoms. The highest BCUT2D eigenvalue weighted by molar-refractivity contribution is 9.10. The normalized spacial score (nSPS) is 11.9. The van der Waals surface area contributed by atoms with Crippen molar-refractivity contribution in [3.05, 3.63) is 33.4 Å². The fourth-order valence-electron chi connectivity index (χ4n) is 2.52. The molecule has 0 saturated carbocycles. The van der Waals surface area contributed by atoms with Gasteiger partial charge >= 0.3 is 0 Å². The van der Waals surface area contributed by atoms with Gasteiger partial charge in [0.2, 0.25) is 5.95 Å². The first-order chi connectivity index (χ1) is 9.12. The van der Waals surface area contributed by atoms with Crippen molar-refractivity contribution in [1.29, 1.82) is 0 Å². The largest absolute Gasteiger partial charge is 0.369 e. The molecule has 0 atom stereocenters. The topological polar surface area (TPSA) is 43.8 Å². The third kappa shape index (κ3) is 2.49. The second kappa shape index (κ2) is 4.92. The van der Waals surface area contributed by atoms with Gasteiger partial charge in [-0.15, -0.1) is 0 Å². The van der Waals surface area contributed by atoms with Gasteiger partial charge in [0.15, 0.2) is 0 Å². The highest BCUT2D eigenvalue weighted by Gasteiger charge is 2.20. The van der Waals surface area contributed by atoms with Crippen molar-refractivity contribution in [3.8, 4) is 11.3 Å². The first-order valence-corrected chi connectivity index (χ1v) is 7.52. The van der Waals surface area contributed by atoms with Gasteiger partial charge < -0.3 is 10.3 Å². The summed E-state index contributed by atoms with van der Waals surface area (Å²) in [5.74, 6) is 0.519. The van der Waals surface area contributed by atoms with E-state index in [1.807, 2.05) is 11.6 Å². The molecule has 0 spiro atoms. The first-order valence-electron chi connectivity index (χ1n) is 6.72. The molecule has 3 nitrogen and oxygen atoms in total. The summed E-state index contributed by atoms with van der Waals surface area (Å²) in [7, 11) is 1.94. The lowest BCUT2D eigenvalue weighted by atomic mass is 9.83. The van der Waals surface area contributed by atoms with Gasteiger partial charge in [-0.3, -0.25) is 0 Å². The monoisotopic (exact) mass is 335 g/mol. The van der Waals surface area contributed by atoms with Gasteiger partial charge in [0, 0.05) is 12.6 Å². The lowest BCUT2D eigenvalue weighted by Crippen LogP contribution is -2.12. The SMILES string of the molecule is Cc1cc(C(C)(C)C)cc(C)c1-c1c(Br)nc(N)n1C.